The Bertz CT molecular complexity index is 255. The van der Waals surface area contributed by atoms with E-state index in [1.54, 1.807) is 0 Å². The maximum atomic E-state index is 3.08. The normalized spacial score (nSPS) is 11.3. The summed E-state index contributed by atoms with van der Waals surface area (Å²) in [5, 5.41) is 0. The van der Waals surface area contributed by atoms with Crippen LogP contribution in [0.4, 0.5) is 0 Å². The van der Waals surface area contributed by atoms with E-state index in [9.17, 15) is 0 Å². The van der Waals surface area contributed by atoms with Crippen molar-refractivity contribution in [3.05, 3.63) is 36.5 Å². The molecule has 0 saturated heterocycles. The van der Waals surface area contributed by atoms with Gasteiger partial charge in [-0.25, -0.2) is 0 Å². The summed E-state index contributed by atoms with van der Waals surface area (Å²) in [6.45, 7) is 4.23. The van der Waals surface area contributed by atoms with Crippen LogP contribution in [0.5, 0.6) is 0 Å². The average molecular weight is 202 g/mol. The summed E-state index contributed by atoms with van der Waals surface area (Å²) in [7, 11) is 0. The highest BCUT2D eigenvalue weighted by Crippen LogP contribution is 1.99. The zero-order valence-corrected chi connectivity index (χ0v) is 10.00. The van der Waals surface area contributed by atoms with Crippen LogP contribution in [-0.4, -0.2) is 0 Å². The minimum absolute atomic E-state index is 0.867. The van der Waals surface area contributed by atoms with Gasteiger partial charge in [-0.05, 0) is 25.8 Å². The predicted molar refractivity (Wildman–Crippen MR) is 69.6 cm³/mol. The molecule has 0 radical (unpaired) electrons. The van der Waals surface area contributed by atoms with Crippen LogP contribution in [0.2, 0.25) is 0 Å². The summed E-state index contributed by atoms with van der Waals surface area (Å²) in [5.74, 6) is 6.07. The van der Waals surface area contributed by atoms with Gasteiger partial charge in [-0.2, -0.15) is 0 Å². The smallest absolute Gasteiger partial charge is 0.0273 e. The van der Waals surface area contributed by atoms with Gasteiger partial charge >= 0.3 is 0 Å². The van der Waals surface area contributed by atoms with Crippen LogP contribution in [0.3, 0.4) is 0 Å². The molecule has 0 heteroatoms. The van der Waals surface area contributed by atoms with Crippen molar-refractivity contribution in [3.8, 4) is 11.8 Å². The lowest BCUT2D eigenvalue weighted by Gasteiger charge is -1.89. The van der Waals surface area contributed by atoms with Crippen molar-refractivity contribution in [1.29, 1.82) is 0 Å². The summed E-state index contributed by atoms with van der Waals surface area (Å²) in [6.07, 6.45) is 18.2. The third-order valence-electron chi connectivity index (χ3n) is 1.95. The lowest BCUT2D eigenvalue weighted by molar-refractivity contribution is 0.728. The molecule has 0 fully saturated rings. The molecule has 0 nitrogen and oxygen atoms in total. The van der Waals surface area contributed by atoms with Gasteiger partial charge in [0.05, 0.1) is 0 Å². The second kappa shape index (κ2) is 12.8. The Morgan fingerprint density at radius 1 is 1.07 bits per heavy atom. The topological polar surface area (TPSA) is 0 Å². The van der Waals surface area contributed by atoms with Gasteiger partial charge in [-0.15, -0.1) is 0 Å². The molecule has 0 spiro atoms. The van der Waals surface area contributed by atoms with Gasteiger partial charge in [0.15, 0.2) is 0 Å². The maximum Gasteiger partial charge on any atom is 0.0273 e. The molecule has 0 saturated carbocycles. The average Bonchev–Trinajstić information content (AvgIpc) is 2.26. The largest absolute Gasteiger partial charge is 0.0944 e. The van der Waals surface area contributed by atoms with Gasteiger partial charge in [0.2, 0.25) is 0 Å². The van der Waals surface area contributed by atoms with Crippen molar-refractivity contribution in [2.24, 2.45) is 0 Å². The van der Waals surface area contributed by atoms with Crippen molar-refractivity contribution in [2.45, 2.75) is 46.0 Å². The summed E-state index contributed by atoms with van der Waals surface area (Å²) in [4.78, 5) is 0. The third-order valence-corrected chi connectivity index (χ3v) is 1.95. The SMILES string of the molecule is CC=CC=CC#CCC=CCCCCC. The summed E-state index contributed by atoms with van der Waals surface area (Å²) >= 11 is 0. The van der Waals surface area contributed by atoms with Crippen LogP contribution >= 0.6 is 0 Å². The number of allylic oxidation sites excluding steroid dienone is 6. The molecule has 0 atom stereocenters. The predicted octanol–water partition coefficient (Wildman–Crippen LogP) is 4.65. The second-order valence-electron chi connectivity index (χ2n) is 3.38. The van der Waals surface area contributed by atoms with Gasteiger partial charge in [-0.3, -0.25) is 0 Å². The van der Waals surface area contributed by atoms with E-state index in [2.05, 4.69) is 30.9 Å². The first kappa shape index (κ1) is 13.8. The minimum Gasteiger partial charge on any atom is -0.0944 e. The molecule has 0 amide bonds. The zero-order valence-electron chi connectivity index (χ0n) is 10.00. The quantitative estimate of drug-likeness (QED) is 0.254. The standard InChI is InChI=1S/C15H22/c1-3-5-7-9-11-13-15-14-12-10-8-6-4-2/h3,5,7,9,12,14H,4,6,8,10,15H2,1-2H3. The molecular weight excluding hydrogens is 180 g/mol. The van der Waals surface area contributed by atoms with Crippen LogP contribution in [0, 0.1) is 11.8 Å². The molecule has 0 aromatic rings. The lowest BCUT2D eigenvalue weighted by atomic mass is 10.2. The fraction of sp³-hybridized carbons (Fsp3) is 0.467. The monoisotopic (exact) mass is 202 g/mol. The van der Waals surface area contributed by atoms with Gasteiger partial charge in [0.25, 0.3) is 0 Å². The van der Waals surface area contributed by atoms with Gasteiger partial charge in [0.1, 0.15) is 0 Å². The summed E-state index contributed by atoms with van der Waals surface area (Å²) in [6, 6.07) is 0. The number of hydrogen-bond acceptors (Lipinski definition) is 0. The molecule has 0 rings (SSSR count). The van der Waals surface area contributed by atoms with Crippen molar-refractivity contribution in [3.63, 3.8) is 0 Å². The van der Waals surface area contributed by atoms with E-state index in [0.29, 0.717) is 0 Å². The van der Waals surface area contributed by atoms with Crippen molar-refractivity contribution < 1.29 is 0 Å². The van der Waals surface area contributed by atoms with Crippen LogP contribution in [0.1, 0.15) is 46.0 Å². The molecule has 0 aliphatic heterocycles. The van der Waals surface area contributed by atoms with Crippen LogP contribution in [0.15, 0.2) is 36.5 Å². The Labute approximate surface area is 94.8 Å². The number of unbranched alkanes of at least 4 members (excludes halogenated alkanes) is 3. The number of hydrogen-bond donors (Lipinski definition) is 0. The Morgan fingerprint density at radius 2 is 1.93 bits per heavy atom. The van der Waals surface area contributed by atoms with Gasteiger partial charge in [-0.1, -0.05) is 62.0 Å². The highest BCUT2D eigenvalue weighted by atomic mass is 13.9. The highest BCUT2D eigenvalue weighted by Gasteiger charge is 1.80. The Morgan fingerprint density at radius 3 is 2.67 bits per heavy atom. The van der Waals surface area contributed by atoms with Crippen molar-refractivity contribution in [2.75, 3.05) is 0 Å². The lowest BCUT2D eigenvalue weighted by Crippen LogP contribution is -1.70. The zero-order chi connectivity index (χ0) is 11.2. The first-order valence-corrected chi connectivity index (χ1v) is 5.83. The molecule has 15 heavy (non-hydrogen) atoms. The molecule has 0 aliphatic carbocycles. The number of rotatable bonds is 6. The fourth-order valence-corrected chi connectivity index (χ4v) is 1.10. The summed E-state index contributed by atoms with van der Waals surface area (Å²) < 4.78 is 0. The molecule has 82 valence electrons. The maximum absolute atomic E-state index is 3.08. The van der Waals surface area contributed by atoms with Crippen LogP contribution < -0.4 is 0 Å². The third kappa shape index (κ3) is 12.8. The first-order valence-electron chi connectivity index (χ1n) is 5.83. The van der Waals surface area contributed by atoms with Gasteiger partial charge < -0.3 is 0 Å². The highest BCUT2D eigenvalue weighted by molar-refractivity contribution is 5.20. The fourth-order valence-electron chi connectivity index (χ4n) is 1.10. The van der Waals surface area contributed by atoms with Gasteiger partial charge in [0, 0.05) is 6.42 Å². The van der Waals surface area contributed by atoms with E-state index < -0.39 is 0 Å². The molecule has 0 aliphatic rings. The molecular formula is C15H22. The summed E-state index contributed by atoms with van der Waals surface area (Å²) in [5.41, 5.74) is 0. The molecule has 0 N–H and O–H groups in total. The van der Waals surface area contributed by atoms with E-state index in [-0.39, 0.29) is 0 Å². The van der Waals surface area contributed by atoms with Crippen LogP contribution in [0.25, 0.3) is 0 Å². The molecule has 0 aromatic carbocycles. The molecule has 0 aromatic heterocycles. The van der Waals surface area contributed by atoms with Crippen LogP contribution in [-0.2, 0) is 0 Å². The minimum atomic E-state index is 0.867. The van der Waals surface area contributed by atoms with E-state index in [1.165, 1.54) is 25.7 Å². The van der Waals surface area contributed by atoms with Crippen molar-refractivity contribution in [1.82, 2.24) is 0 Å². The van der Waals surface area contributed by atoms with E-state index in [4.69, 9.17) is 0 Å². The second-order valence-corrected chi connectivity index (χ2v) is 3.38. The first-order chi connectivity index (χ1) is 7.41. The Balaban J connectivity index is 3.43. The van der Waals surface area contributed by atoms with Crippen molar-refractivity contribution >= 4 is 0 Å². The van der Waals surface area contributed by atoms with E-state index in [0.717, 1.165) is 6.42 Å². The molecule has 0 heterocycles. The van der Waals surface area contributed by atoms with E-state index >= 15 is 0 Å². The van der Waals surface area contributed by atoms with E-state index in [1.807, 2.05) is 31.2 Å². The molecule has 0 unspecified atom stereocenters. The Kier molecular flexibility index (Phi) is 11.7. The Hall–Kier alpha value is -1.22. The molecule has 0 bridgehead atoms.